The lowest BCUT2D eigenvalue weighted by Gasteiger charge is -2.38. The van der Waals surface area contributed by atoms with E-state index in [4.69, 9.17) is 9.47 Å². The molecule has 1 saturated heterocycles. The quantitative estimate of drug-likeness (QED) is 0.279. The van der Waals surface area contributed by atoms with Crippen LogP contribution in [0.5, 0.6) is 11.5 Å². The minimum atomic E-state index is -1.08. The number of anilines is 3. The summed E-state index contributed by atoms with van der Waals surface area (Å²) in [5.41, 5.74) is 6.16. The Morgan fingerprint density at radius 2 is 1.69 bits per heavy atom. The molecule has 0 amide bonds. The maximum atomic E-state index is 13.3. The van der Waals surface area contributed by atoms with Crippen molar-refractivity contribution in [3.05, 3.63) is 113 Å². The number of hydrogen-bond donors (Lipinski definition) is 1. The highest BCUT2D eigenvalue weighted by Gasteiger charge is 2.53. The highest BCUT2D eigenvalue weighted by Crippen LogP contribution is 2.57. The molecule has 0 bridgehead atoms. The van der Waals surface area contributed by atoms with Gasteiger partial charge in [0, 0.05) is 52.4 Å². The van der Waals surface area contributed by atoms with E-state index in [0.717, 1.165) is 51.6 Å². The number of ether oxygens (including phenoxy) is 2. The van der Waals surface area contributed by atoms with E-state index in [0.29, 0.717) is 23.3 Å². The highest BCUT2D eigenvalue weighted by molar-refractivity contribution is 5.97. The molecule has 1 N–H and O–H groups in total. The fourth-order valence-electron chi connectivity index (χ4n) is 6.60. The van der Waals surface area contributed by atoms with Crippen LogP contribution in [-0.2, 0) is 10.3 Å². The summed E-state index contributed by atoms with van der Waals surface area (Å²) in [7, 11) is 0. The van der Waals surface area contributed by atoms with Crippen LogP contribution in [0, 0.1) is 12.8 Å². The molecule has 0 radical (unpaired) electrons. The zero-order valence-corrected chi connectivity index (χ0v) is 22.5. The van der Waals surface area contributed by atoms with E-state index in [1.54, 1.807) is 0 Å². The molecule has 5 nitrogen and oxygen atoms in total. The summed E-state index contributed by atoms with van der Waals surface area (Å²) >= 11 is 0. The topological polar surface area (TPSA) is 50.8 Å². The number of hydrogen-bond acceptors (Lipinski definition) is 5. The summed E-state index contributed by atoms with van der Waals surface area (Å²) in [5, 5.41) is 3.55. The Morgan fingerprint density at radius 1 is 0.923 bits per heavy atom. The van der Waals surface area contributed by atoms with E-state index in [1.807, 2.05) is 54.6 Å². The van der Waals surface area contributed by atoms with Crippen molar-refractivity contribution in [3.8, 4) is 11.5 Å². The summed E-state index contributed by atoms with van der Waals surface area (Å²) in [6, 6.07) is 28.8. The summed E-state index contributed by atoms with van der Waals surface area (Å²) in [4.78, 5) is 15.8. The van der Waals surface area contributed by atoms with E-state index in [2.05, 4.69) is 61.3 Å². The molecule has 7 rings (SSSR count). The predicted molar refractivity (Wildman–Crippen MR) is 154 cm³/mol. The lowest BCUT2D eigenvalue weighted by molar-refractivity contribution is 0.0224. The van der Waals surface area contributed by atoms with Gasteiger partial charge in [0.2, 0.25) is 0 Å². The van der Waals surface area contributed by atoms with Crippen molar-refractivity contribution >= 4 is 23.0 Å². The maximum Gasteiger partial charge on any atom is 0.340 e. The summed E-state index contributed by atoms with van der Waals surface area (Å²) in [5.74, 6) is 1.83. The average molecular weight is 517 g/mol. The van der Waals surface area contributed by atoms with E-state index in [-0.39, 0.29) is 5.97 Å². The first-order chi connectivity index (χ1) is 19.0. The van der Waals surface area contributed by atoms with Gasteiger partial charge in [-0.25, -0.2) is 4.79 Å². The molecule has 0 aliphatic carbocycles. The Bertz CT molecular complexity index is 1600. The molecule has 4 aromatic carbocycles. The smallest absolute Gasteiger partial charge is 0.340 e. The van der Waals surface area contributed by atoms with Gasteiger partial charge in [0.15, 0.2) is 5.60 Å². The fourth-order valence-corrected chi connectivity index (χ4v) is 6.60. The van der Waals surface area contributed by atoms with Crippen LogP contribution in [0.2, 0.25) is 0 Å². The molecule has 0 saturated carbocycles. The molecular weight excluding hydrogens is 484 g/mol. The molecule has 3 heterocycles. The number of benzene rings is 4. The Kier molecular flexibility index (Phi) is 5.44. The Morgan fingerprint density at radius 3 is 2.49 bits per heavy atom. The molecule has 5 heteroatoms. The van der Waals surface area contributed by atoms with Crippen LogP contribution < -0.4 is 15.0 Å². The van der Waals surface area contributed by atoms with Gasteiger partial charge in [0.05, 0.1) is 5.56 Å². The van der Waals surface area contributed by atoms with Crippen molar-refractivity contribution < 1.29 is 14.3 Å². The third-order valence-corrected chi connectivity index (χ3v) is 8.67. The molecule has 3 aliphatic heterocycles. The van der Waals surface area contributed by atoms with E-state index in [9.17, 15) is 4.79 Å². The largest absolute Gasteiger partial charge is 0.456 e. The van der Waals surface area contributed by atoms with E-state index < -0.39 is 5.60 Å². The molecular formula is C34H32N2O3. The first kappa shape index (κ1) is 23.8. The standard InChI is InChI=1S/C34H32N2O3/c1-4-23-17-22(3)36(20-23)25-14-15-28-32(18-25)38-31-16-21(2)30(35-24-10-6-5-7-11-24)19-29(31)34(28)27-13-9-8-12-26(27)33(37)39-34/h5-16,18-19,22-23,35H,4,17,20H2,1-3H3. The van der Waals surface area contributed by atoms with Crippen molar-refractivity contribution in [2.24, 2.45) is 5.92 Å². The van der Waals surface area contributed by atoms with Gasteiger partial charge in [-0.15, -0.1) is 0 Å². The van der Waals surface area contributed by atoms with Crippen LogP contribution in [0.4, 0.5) is 17.1 Å². The third kappa shape index (κ3) is 3.63. The van der Waals surface area contributed by atoms with Crippen molar-refractivity contribution in [1.29, 1.82) is 0 Å². The van der Waals surface area contributed by atoms with E-state index >= 15 is 0 Å². The van der Waals surface area contributed by atoms with Gasteiger partial charge in [-0.1, -0.05) is 49.7 Å². The zero-order valence-electron chi connectivity index (χ0n) is 22.5. The summed E-state index contributed by atoms with van der Waals surface area (Å²) in [6.45, 7) is 7.68. The van der Waals surface area contributed by atoms with Gasteiger partial charge in [-0.3, -0.25) is 0 Å². The van der Waals surface area contributed by atoms with Crippen LogP contribution in [0.1, 0.15) is 59.3 Å². The third-order valence-electron chi connectivity index (χ3n) is 8.67. The molecule has 1 spiro atoms. The van der Waals surface area contributed by atoms with Crippen molar-refractivity contribution in [3.63, 3.8) is 0 Å². The molecule has 3 unspecified atom stereocenters. The average Bonchev–Trinajstić information content (AvgIpc) is 3.48. The monoisotopic (exact) mass is 516 g/mol. The number of fused-ring (bicyclic) bond motifs is 6. The van der Waals surface area contributed by atoms with Gasteiger partial charge in [0.1, 0.15) is 11.5 Å². The summed E-state index contributed by atoms with van der Waals surface area (Å²) in [6.07, 6.45) is 2.38. The van der Waals surface area contributed by atoms with Crippen LogP contribution in [0.3, 0.4) is 0 Å². The van der Waals surface area contributed by atoms with Crippen molar-refractivity contribution in [1.82, 2.24) is 0 Å². The number of nitrogens with one attached hydrogen (secondary N) is 1. The first-order valence-electron chi connectivity index (χ1n) is 13.9. The number of carbonyl (C=O) groups excluding carboxylic acids is 1. The first-order valence-corrected chi connectivity index (χ1v) is 13.9. The number of esters is 1. The van der Waals surface area contributed by atoms with Gasteiger partial charge < -0.3 is 19.7 Å². The molecule has 4 aromatic rings. The lowest BCUT2D eigenvalue weighted by Crippen LogP contribution is -2.33. The molecule has 39 heavy (non-hydrogen) atoms. The second kappa shape index (κ2) is 8.91. The van der Waals surface area contributed by atoms with Crippen LogP contribution in [0.15, 0.2) is 84.9 Å². The lowest BCUT2D eigenvalue weighted by atomic mass is 9.77. The minimum absolute atomic E-state index is 0.314. The van der Waals surface area contributed by atoms with Gasteiger partial charge >= 0.3 is 5.97 Å². The number of para-hydroxylation sites is 1. The van der Waals surface area contributed by atoms with Crippen molar-refractivity contribution in [2.45, 2.75) is 45.3 Å². The zero-order chi connectivity index (χ0) is 26.7. The number of nitrogens with zero attached hydrogens (tertiary/aromatic N) is 1. The predicted octanol–water partition coefficient (Wildman–Crippen LogP) is 7.93. The van der Waals surface area contributed by atoms with E-state index in [1.165, 1.54) is 12.8 Å². The minimum Gasteiger partial charge on any atom is -0.456 e. The molecule has 0 aromatic heterocycles. The maximum absolute atomic E-state index is 13.3. The molecule has 3 aliphatic rings. The van der Waals surface area contributed by atoms with Crippen LogP contribution in [-0.4, -0.2) is 18.6 Å². The Hall–Kier alpha value is -4.25. The second-order valence-corrected chi connectivity index (χ2v) is 11.1. The molecule has 3 atom stereocenters. The Balaban J connectivity index is 1.40. The summed E-state index contributed by atoms with van der Waals surface area (Å²) < 4.78 is 13.1. The van der Waals surface area contributed by atoms with Crippen LogP contribution in [0.25, 0.3) is 0 Å². The van der Waals surface area contributed by atoms with Crippen molar-refractivity contribution in [2.75, 3.05) is 16.8 Å². The fraction of sp³-hybridized carbons (Fsp3) is 0.265. The number of aryl methyl sites for hydroxylation is 1. The van der Waals surface area contributed by atoms with Gasteiger partial charge in [0.25, 0.3) is 0 Å². The van der Waals surface area contributed by atoms with Gasteiger partial charge in [-0.2, -0.15) is 0 Å². The molecule has 196 valence electrons. The highest BCUT2D eigenvalue weighted by atomic mass is 16.6. The Labute approximate surface area is 229 Å². The number of rotatable bonds is 4. The van der Waals surface area contributed by atoms with Crippen LogP contribution >= 0.6 is 0 Å². The number of carbonyl (C=O) groups is 1. The molecule has 1 fully saturated rings. The van der Waals surface area contributed by atoms with Gasteiger partial charge in [-0.05, 0) is 74.2 Å². The normalized spacial score (nSPS) is 22.6. The second-order valence-electron chi connectivity index (χ2n) is 11.1. The SMILES string of the molecule is CCC1CC(C)N(c2ccc3c(c2)Oc2cc(C)c(Nc4ccccc4)cc2C32OC(=O)c3ccccc32)C1.